The van der Waals surface area contributed by atoms with Crippen LogP contribution in [0, 0.1) is 0 Å². The van der Waals surface area contributed by atoms with Crippen molar-refractivity contribution >= 4 is 28.8 Å². The largest absolute Gasteiger partial charge is 0.476 e. The van der Waals surface area contributed by atoms with Crippen molar-refractivity contribution in [1.82, 2.24) is 19.9 Å². The molecule has 94 valence electrons. The smallest absolute Gasteiger partial charge is 0.356 e. The molecule has 6 nitrogen and oxygen atoms in total. The molecule has 0 fully saturated rings. The van der Waals surface area contributed by atoms with Gasteiger partial charge in [0, 0.05) is 0 Å². The second kappa shape index (κ2) is 4.69. The molecule has 3 rings (SSSR count). The number of hydrogen-bond donors (Lipinski definition) is 2. The second-order valence-corrected chi connectivity index (χ2v) is 4.72. The molecule has 0 bridgehead atoms. The average Bonchev–Trinajstić information content (AvgIpc) is 2.81. The highest BCUT2D eigenvalue weighted by Crippen LogP contribution is 2.25. The standard InChI is InChI=1S/C12H8N4O2S/c17-11(18)9-5-13-6-10(14-9)19-12-15-7-3-1-2-4-8(7)16-12/h1-6H,(H,15,16)(H,17,18). The van der Waals surface area contributed by atoms with Crippen molar-refractivity contribution in [1.29, 1.82) is 0 Å². The summed E-state index contributed by atoms with van der Waals surface area (Å²) in [5.74, 6) is -1.10. The summed E-state index contributed by atoms with van der Waals surface area (Å²) >= 11 is 1.24. The van der Waals surface area contributed by atoms with Crippen LogP contribution in [0.4, 0.5) is 0 Å². The molecule has 0 unspecified atom stereocenters. The van der Waals surface area contributed by atoms with E-state index in [4.69, 9.17) is 5.11 Å². The van der Waals surface area contributed by atoms with Gasteiger partial charge in [0.1, 0.15) is 5.03 Å². The quantitative estimate of drug-likeness (QED) is 0.759. The number of carbonyl (C=O) groups is 1. The van der Waals surface area contributed by atoms with Crippen LogP contribution < -0.4 is 0 Å². The van der Waals surface area contributed by atoms with Crippen molar-refractivity contribution in [3.05, 3.63) is 42.4 Å². The highest BCUT2D eigenvalue weighted by Gasteiger charge is 2.09. The van der Waals surface area contributed by atoms with Crippen LogP contribution in [0.1, 0.15) is 10.5 Å². The Morgan fingerprint density at radius 2 is 2.05 bits per heavy atom. The van der Waals surface area contributed by atoms with E-state index in [9.17, 15) is 4.79 Å². The van der Waals surface area contributed by atoms with Crippen molar-refractivity contribution < 1.29 is 9.90 Å². The van der Waals surface area contributed by atoms with Crippen LogP contribution in [0.3, 0.4) is 0 Å². The fourth-order valence-corrected chi connectivity index (χ4v) is 2.34. The normalized spacial score (nSPS) is 10.7. The summed E-state index contributed by atoms with van der Waals surface area (Å²) in [6.45, 7) is 0. The summed E-state index contributed by atoms with van der Waals surface area (Å²) in [5.41, 5.74) is 1.70. The van der Waals surface area contributed by atoms with Crippen molar-refractivity contribution in [3.8, 4) is 0 Å². The van der Waals surface area contributed by atoms with Crippen LogP contribution in [-0.4, -0.2) is 31.0 Å². The Morgan fingerprint density at radius 3 is 2.84 bits per heavy atom. The average molecular weight is 272 g/mol. The Hall–Kier alpha value is -2.41. The molecule has 1 aromatic carbocycles. The third-order valence-electron chi connectivity index (χ3n) is 2.40. The Bertz CT molecular complexity index is 723. The van der Waals surface area contributed by atoms with Crippen LogP contribution in [0.5, 0.6) is 0 Å². The molecule has 0 saturated carbocycles. The zero-order valence-corrected chi connectivity index (χ0v) is 10.4. The van der Waals surface area contributed by atoms with Gasteiger partial charge in [0.05, 0.1) is 23.4 Å². The SMILES string of the molecule is O=C(O)c1cncc(Sc2nc3ccccc3[nH]2)n1. The number of imidazole rings is 1. The number of nitrogens with zero attached hydrogens (tertiary/aromatic N) is 3. The van der Waals surface area contributed by atoms with Crippen molar-refractivity contribution in [2.24, 2.45) is 0 Å². The molecule has 0 radical (unpaired) electrons. The zero-order valence-electron chi connectivity index (χ0n) is 9.57. The van der Waals surface area contributed by atoms with Crippen LogP contribution >= 0.6 is 11.8 Å². The number of para-hydroxylation sites is 2. The van der Waals surface area contributed by atoms with Gasteiger partial charge in [0.2, 0.25) is 0 Å². The predicted molar refractivity (Wildman–Crippen MR) is 69.2 cm³/mol. The van der Waals surface area contributed by atoms with Crippen LogP contribution in [0.15, 0.2) is 46.8 Å². The summed E-state index contributed by atoms with van der Waals surface area (Å²) in [4.78, 5) is 26.1. The second-order valence-electron chi connectivity index (χ2n) is 3.71. The van der Waals surface area contributed by atoms with E-state index < -0.39 is 5.97 Å². The third kappa shape index (κ3) is 2.41. The molecule has 0 aliphatic carbocycles. The van der Waals surface area contributed by atoms with Crippen molar-refractivity contribution in [2.75, 3.05) is 0 Å². The highest BCUT2D eigenvalue weighted by molar-refractivity contribution is 7.99. The Labute approximate surface area is 111 Å². The van der Waals surface area contributed by atoms with Gasteiger partial charge in [-0.25, -0.2) is 14.8 Å². The fourth-order valence-electron chi connectivity index (χ4n) is 1.58. The van der Waals surface area contributed by atoms with E-state index in [1.54, 1.807) is 0 Å². The molecule has 19 heavy (non-hydrogen) atoms. The number of aromatic amines is 1. The van der Waals surface area contributed by atoms with E-state index in [-0.39, 0.29) is 5.69 Å². The number of nitrogens with one attached hydrogen (secondary N) is 1. The number of carboxylic acids is 1. The molecule has 0 spiro atoms. The van der Waals surface area contributed by atoms with Gasteiger partial charge in [0.15, 0.2) is 10.9 Å². The first-order chi connectivity index (χ1) is 9.22. The number of fused-ring (bicyclic) bond motifs is 1. The Kier molecular flexibility index (Phi) is 2.88. The molecule has 7 heteroatoms. The molecule has 0 aliphatic rings. The number of carboxylic acid groups (broad SMARTS) is 1. The van der Waals surface area contributed by atoms with Crippen LogP contribution in [0.25, 0.3) is 11.0 Å². The number of rotatable bonds is 3. The minimum atomic E-state index is -1.10. The summed E-state index contributed by atoms with van der Waals surface area (Å²) in [6, 6.07) is 7.64. The number of hydrogen-bond acceptors (Lipinski definition) is 5. The number of aromatic carboxylic acids is 1. The van der Waals surface area contributed by atoms with Crippen molar-refractivity contribution in [2.45, 2.75) is 10.2 Å². The fraction of sp³-hybridized carbons (Fsp3) is 0. The van der Waals surface area contributed by atoms with Gasteiger partial charge in [-0.15, -0.1) is 0 Å². The van der Waals surface area contributed by atoms with Gasteiger partial charge >= 0.3 is 5.97 Å². The minimum Gasteiger partial charge on any atom is -0.476 e. The van der Waals surface area contributed by atoms with E-state index >= 15 is 0 Å². The van der Waals surface area contributed by atoms with E-state index in [0.717, 1.165) is 11.0 Å². The molecule has 0 atom stereocenters. The first-order valence-electron chi connectivity index (χ1n) is 5.40. The van der Waals surface area contributed by atoms with Gasteiger partial charge in [0.25, 0.3) is 0 Å². The maximum atomic E-state index is 10.8. The van der Waals surface area contributed by atoms with E-state index in [1.807, 2.05) is 24.3 Å². The highest BCUT2D eigenvalue weighted by atomic mass is 32.2. The molecular weight excluding hydrogens is 264 g/mol. The van der Waals surface area contributed by atoms with Crippen molar-refractivity contribution in [3.63, 3.8) is 0 Å². The van der Waals surface area contributed by atoms with E-state index in [1.165, 1.54) is 24.2 Å². The Balaban J connectivity index is 1.92. The summed E-state index contributed by atoms with van der Waals surface area (Å²) < 4.78 is 0. The predicted octanol–water partition coefficient (Wildman–Crippen LogP) is 2.20. The summed E-state index contributed by atoms with van der Waals surface area (Å²) in [5, 5.41) is 9.99. The molecule has 0 amide bonds. The zero-order chi connectivity index (χ0) is 13.2. The van der Waals surface area contributed by atoms with Crippen LogP contribution in [-0.2, 0) is 0 Å². The molecular formula is C12H8N4O2S. The Morgan fingerprint density at radius 1 is 1.21 bits per heavy atom. The lowest BCUT2D eigenvalue weighted by atomic mass is 10.3. The molecule has 3 aromatic rings. The maximum Gasteiger partial charge on any atom is 0.356 e. The topological polar surface area (TPSA) is 91.8 Å². The number of H-pyrrole nitrogens is 1. The molecule has 2 heterocycles. The van der Waals surface area contributed by atoms with E-state index in [0.29, 0.717) is 10.2 Å². The summed E-state index contributed by atoms with van der Waals surface area (Å²) in [7, 11) is 0. The van der Waals surface area contributed by atoms with Gasteiger partial charge in [-0.05, 0) is 23.9 Å². The van der Waals surface area contributed by atoms with Gasteiger partial charge in [-0.2, -0.15) is 0 Å². The molecule has 0 saturated heterocycles. The van der Waals surface area contributed by atoms with E-state index in [2.05, 4.69) is 19.9 Å². The van der Waals surface area contributed by atoms with Gasteiger partial charge in [-0.1, -0.05) is 12.1 Å². The molecule has 2 aromatic heterocycles. The minimum absolute atomic E-state index is 0.0823. The lowest BCUT2D eigenvalue weighted by Gasteiger charge is -1.97. The molecule has 0 aliphatic heterocycles. The first kappa shape index (κ1) is 11.7. The summed E-state index contributed by atoms with van der Waals surface area (Å²) in [6.07, 6.45) is 2.72. The first-order valence-corrected chi connectivity index (χ1v) is 6.22. The molecule has 2 N–H and O–H groups in total. The lowest BCUT2D eigenvalue weighted by molar-refractivity contribution is 0.0689. The number of benzene rings is 1. The third-order valence-corrected chi connectivity index (χ3v) is 3.19. The maximum absolute atomic E-state index is 10.8. The lowest BCUT2D eigenvalue weighted by Crippen LogP contribution is -2.01. The monoisotopic (exact) mass is 272 g/mol. The number of aromatic nitrogens is 4. The van der Waals surface area contributed by atoms with Gasteiger partial charge < -0.3 is 10.1 Å². The van der Waals surface area contributed by atoms with Gasteiger partial charge in [-0.3, -0.25) is 4.98 Å². The van der Waals surface area contributed by atoms with Crippen LogP contribution in [0.2, 0.25) is 0 Å².